The molecule has 0 spiro atoms. The molecule has 1 atom stereocenters. The first-order valence-corrected chi connectivity index (χ1v) is 10.2. The standard InChI is InChI=1S/C19H17F3N2O3S/c1-11-16-10-15(9-12-3-2-8-24(17(12)16)18(11)25)28(26,27)23-14-6-4-13(5-7-14)19(20,21)22/h4-7,9-11,23H,2-3,8H2,1H3/t11-/m1/s1. The molecule has 0 aliphatic carbocycles. The number of amides is 1. The van der Waals surface area contributed by atoms with Crippen molar-refractivity contribution in [3.63, 3.8) is 0 Å². The molecule has 2 aromatic carbocycles. The minimum Gasteiger partial charge on any atom is -0.311 e. The van der Waals surface area contributed by atoms with Gasteiger partial charge in [-0.1, -0.05) is 0 Å². The van der Waals surface area contributed by atoms with Crippen molar-refractivity contribution in [1.29, 1.82) is 0 Å². The molecule has 0 aromatic heterocycles. The Balaban J connectivity index is 1.69. The summed E-state index contributed by atoms with van der Waals surface area (Å²) in [4.78, 5) is 14.1. The Hall–Kier alpha value is -2.55. The second-order valence-electron chi connectivity index (χ2n) is 7.02. The normalized spacial score (nSPS) is 18.9. The zero-order chi connectivity index (χ0) is 20.3. The van der Waals surface area contributed by atoms with Crippen molar-refractivity contribution in [1.82, 2.24) is 0 Å². The minimum atomic E-state index is -4.49. The number of alkyl halides is 3. The average Bonchev–Trinajstić information content (AvgIpc) is 2.88. The summed E-state index contributed by atoms with van der Waals surface area (Å²) in [7, 11) is -4.01. The molecule has 0 unspecified atom stereocenters. The van der Waals surface area contributed by atoms with Crippen LogP contribution in [0, 0.1) is 0 Å². The summed E-state index contributed by atoms with van der Waals surface area (Å²) >= 11 is 0. The Morgan fingerprint density at radius 1 is 1.14 bits per heavy atom. The van der Waals surface area contributed by atoms with Gasteiger partial charge in [0.05, 0.1) is 22.1 Å². The van der Waals surface area contributed by atoms with E-state index >= 15 is 0 Å². The van der Waals surface area contributed by atoms with E-state index in [1.165, 1.54) is 6.07 Å². The lowest BCUT2D eigenvalue weighted by atomic mass is 9.97. The zero-order valence-electron chi connectivity index (χ0n) is 14.9. The van der Waals surface area contributed by atoms with Gasteiger partial charge in [0.2, 0.25) is 5.91 Å². The number of hydrogen-bond donors (Lipinski definition) is 1. The van der Waals surface area contributed by atoms with Crippen molar-refractivity contribution in [3.8, 4) is 0 Å². The Bertz CT molecular complexity index is 1060. The summed E-state index contributed by atoms with van der Waals surface area (Å²) < 4.78 is 65.9. The van der Waals surface area contributed by atoms with Crippen LogP contribution in [-0.2, 0) is 27.4 Å². The third-order valence-electron chi connectivity index (χ3n) is 5.17. The molecule has 1 N–H and O–H groups in total. The van der Waals surface area contributed by atoms with Crippen LogP contribution in [0.2, 0.25) is 0 Å². The Morgan fingerprint density at radius 3 is 2.46 bits per heavy atom. The summed E-state index contributed by atoms with van der Waals surface area (Å²) in [6.07, 6.45) is -3.07. The molecule has 0 saturated carbocycles. The van der Waals surface area contributed by atoms with Gasteiger partial charge in [-0.3, -0.25) is 9.52 Å². The van der Waals surface area contributed by atoms with Gasteiger partial charge in [-0.25, -0.2) is 8.42 Å². The highest BCUT2D eigenvalue weighted by Gasteiger charge is 2.39. The van der Waals surface area contributed by atoms with Crippen molar-refractivity contribution in [2.24, 2.45) is 0 Å². The quantitative estimate of drug-likeness (QED) is 0.835. The SMILES string of the molecule is C[C@H]1C(=O)N2CCCc3cc(S(=O)(=O)Nc4ccc(C(F)(F)F)cc4)cc1c32. The van der Waals surface area contributed by atoms with Crippen LogP contribution in [0.3, 0.4) is 0 Å². The molecular weight excluding hydrogens is 393 g/mol. The topological polar surface area (TPSA) is 66.5 Å². The summed E-state index contributed by atoms with van der Waals surface area (Å²) in [5, 5.41) is 0. The number of aryl methyl sites for hydroxylation is 1. The van der Waals surface area contributed by atoms with Gasteiger partial charge in [0, 0.05) is 12.2 Å². The van der Waals surface area contributed by atoms with Gasteiger partial charge in [0.1, 0.15) is 0 Å². The van der Waals surface area contributed by atoms with Crippen molar-refractivity contribution in [2.45, 2.75) is 36.8 Å². The zero-order valence-corrected chi connectivity index (χ0v) is 15.7. The largest absolute Gasteiger partial charge is 0.416 e. The van der Waals surface area contributed by atoms with Gasteiger partial charge in [-0.05, 0) is 67.3 Å². The van der Waals surface area contributed by atoms with Crippen LogP contribution in [0.5, 0.6) is 0 Å². The molecule has 0 saturated heterocycles. The maximum atomic E-state index is 12.8. The summed E-state index contributed by atoms with van der Waals surface area (Å²) in [5.41, 5.74) is 1.46. The van der Waals surface area contributed by atoms with Crippen LogP contribution in [0.4, 0.5) is 24.5 Å². The molecule has 2 heterocycles. The number of halogens is 3. The van der Waals surface area contributed by atoms with E-state index in [9.17, 15) is 26.4 Å². The van der Waals surface area contributed by atoms with Gasteiger partial charge in [0.15, 0.2) is 0 Å². The fraction of sp³-hybridized carbons (Fsp3) is 0.316. The first-order valence-electron chi connectivity index (χ1n) is 8.76. The number of rotatable bonds is 3. The van der Waals surface area contributed by atoms with Crippen molar-refractivity contribution in [3.05, 3.63) is 53.1 Å². The van der Waals surface area contributed by atoms with E-state index in [0.717, 1.165) is 41.9 Å². The molecule has 2 aliphatic rings. The second kappa shape index (κ2) is 6.23. The smallest absolute Gasteiger partial charge is 0.311 e. The Kier molecular flexibility index (Phi) is 4.18. The first-order chi connectivity index (χ1) is 13.1. The van der Waals surface area contributed by atoms with Crippen molar-refractivity contribution < 1.29 is 26.4 Å². The molecule has 0 bridgehead atoms. The lowest BCUT2D eigenvalue weighted by Crippen LogP contribution is -2.32. The fourth-order valence-corrected chi connectivity index (χ4v) is 4.91. The Labute approximate surface area is 160 Å². The number of nitrogens with one attached hydrogen (secondary N) is 1. The second-order valence-corrected chi connectivity index (χ2v) is 8.70. The lowest BCUT2D eigenvalue weighted by Gasteiger charge is -2.26. The average molecular weight is 410 g/mol. The predicted octanol–water partition coefficient (Wildman–Crippen LogP) is 3.90. The van der Waals surface area contributed by atoms with E-state index in [1.54, 1.807) is 17.9 Å². The van der Waals surface area contributed by atoms with E-state index in [-0.39, 0.29) is 16.5 Å². The summed E-state index contributed by atoms with van der Waals surface area (Å²) in [5.74, 6) is -0.464. The molecule has 2 aliphatic heterocycles. The first kappa shape index (κ1) is 18.8. The van der Waals surface area contributed by atoms with E-state index in [2.05, 4.69) is 4.72 Å². The van der Waals surface area contributed by atoms with Gasteiger partial charge in [-0.2, -0.15) is 13.2 Å². The van der Waals surface area contributed by atoms with Crippen LogP contribution in [0.15, 0.2) is 41.3 Å². The van der Waals surface area contributed by atoms with E-state index in [0.29, 0.717) is 18.5 Å². The van der Waals surface area contributed by atoms with Gasteiger partial charge in [-0.15, -0.1) is 0 Å². The fourth-order valence-electron chi connectivity index (χ4n) is 3.76. The van der Waals surface area contributed by atoms with E-state index in [4.69, 9.17) is 0 Å². The third kappa shape index (κ3) is 3.03. The molecular formula is C19H17F3N2O3S. The molecule has 9 heteroatoms. The van der Waals surface area contributed by atoms with Crippen LogP contribution in [0.25, 0.3) is 0 Å². The number of hydrogen-bond acceptors (Lipinski definition) is 3. The third-order valence-corrected chi connectivity index (χ3v) is 6.53. The molecule has 0 radical (unpaired) electrons. The van der Waals surface area contributed by atoms with Gasteiger partial charge >= 0.3 is 6.18 Å². The number of nitrogens with zero attached hydrogens (tertiary/aromatic N) is 1. The highest BCUT2D eigenvalue weighted by Crippen LogP contribution is 2.44. The number of carbonyl (C=O) groups is 1. The van der Waals surface area contributed by atoms with Crippen LogP contribution in [-0.4, -0.2) is 20.9 Å². The van der Waals surface area contributed by atoms with E-state index in [1.807, 2.05) is 0 Å². The predicted molar refractivity (Wildman–Crippen MR) is 97.8 cm³/mol. The summed E-state index contributed by atoms with van der Waals surface area (Å²) in [6, 6.07) is 6.82. The molecule has 2 aromatic rings. The molecule has 1 amide bonds. The highest BCUT2D eigenvalue weighted by molar-refractivity contribution is 7.92. The number of carbonyl (C=O) groups excluding carboxylic acids is 1. The number of sulfonamides is 1. The molecule has 5 nitrogen and oxygen atoms in total. The summed E-state index contributed by atoms with van der Waals surface area (Å²) in [6.45, 7) is 2.37. The molecule has 0 fully saturated rings. The lowest BCUT2D eigenvalue weighted by molar-refractivity contribution is -0.137. The van der Waals surface area contributed by atoms with Crippen LogP contribution in [0.1, 0.15) is 36.0 Å². The van der Waals surface area contributed by atoms with E-state index < -0.39 is 27.7 Å². The van der Waals surface area contributed by atoms with Crippen molar-refractivity contribution >= 4 is 27.3 Å². The van der Waals surface area contributed by atoms with Gasteiger partial charge < -0.3 is 4.90 Å². The molecule has 28 heavy (non-hydrogen) atoms. The number of benzene rings is 2. The van der Waals surface area contributed by atoms with Gasteiger partial charge in [0.25, 0.3) is 10.0 Å². The minimum absolute atomic E-state index is 0.00421. The monoisotopic (exact) mass is 410 g/mol. The molecule has 148 valence electrons. The Morgan fingerprint density at radius 2 is 1.82 bits per heavy atom. The van der Waals surface area contributed by atoms with Crippen molar-refractivity contribution in [2.75, 3.05) is 16.2 Å². The van der Waals surface area contributed by atoms with Crippen LogP contribution >= 0.6 is 0 Å². The molecule has 4 rings (SSSR count). The maximum Gasteiger partial charge on any atom is 0.416 e. The maximum absolute atomic E-state index is 12.8. The number of anilines is 2. The van der Waals surface area contributed by atoms with Crippen LogP contribution < -0.4 is 9.62 Å². The highest BCUT2D eigenvalue weighted by atomic mass is 32.2.